The largest absolute Gasteiger partial charge is 0.395 e. The molecule has 3 nitrogen and oxygen atoms in total. The summed E-state index contributed by atoms with van der Waals surface area (Å²) in [6.45, 7) is 4.58. The molecule has 0 spiro atoms. The molecule has 0 radical (unpaired) electrons. The summed E-state index contributed by atoms with van der Waals surface area (Å²) in [4.78, 5) is 1.20. The second-order valence-electron chi connectivity index (χ2n) is 4.03. The summed E-state index contributed by atoms with van der Waals surface area (Å²) in [6, 6.07) is 6.25. The maximum absolute atomic E-state index is 9.14. The summed E-state index contributed by atoms with van der Waals surface area (Å²) in [7, 11) is 1.70. The highest BCUT2D eigenvalue weighted by molar-refractivity contribution is 9.10. The van der Waals surface area contributed by atoms with Crippen molar-refractivity contribution in [3.05, 3.63) is 28.2 Å². The van der Waals surface area contributed by atoms with Gasteiger partial charge in [0.1, 0.15) is 0 Å². The molecular weight excluding hydrogens is 314 g/mol. The Bertz CT molecular complexity index is 363. The van der Waals surface area contributed by atoms with Gasteiger partial charge in [0, 0.05) is 34.8 Å². The number of hydrogen-bond donors (Lipinski definition) is 2. The van der Waals surface area contributed by atoms with Gasteiger partial charge >= 0.3 is 0 Å². The van der Waals surface area contributed by atoms with Crippen LogP contribution in [-0.4, -0.2) is 37.2 Å². The highest BCUT2D eigenvalue weighted by Gasteiger charge is 2.08. The smallest absolute Gasteiger partial charge is 0.0587 e. The normalized spacial score (nSPS) is 12.7. The lowest BCUT2D eigenvalue weighted by Crippen LogP contribution is -2.19. The van der Waals surface area contributed by atoms with E-state index in [2.05, 4.69) is 33.4 Å². The van der Waals surface area contributed by atoms with Crippen LogP contribution in [0.1, 0.15) is 12.5 Å². The number of aliphatic hydroxyl groups excluding tert-OH is 1. The Morgan fingerprint density at radius 2 is 2.28 bits per heavy atom. The summed E-state index contributed by atoms with van der Waals surface area (Å²) < 4.78 is 6.07. The van der Waals surface area contributed by atoms with Gasteiger partial charge in [0.05, 0.1) is 13.2 Å². The van der Waals surface area contributed by atoms with E-state index in [1.807, 2.05) is 13.0 Å². The number of hydrogen-bond acceptors (Lipinski definition) is 4. The van der Waals surface area contributed by atoms with Crippen LogP contribution in [-0.2, 0) is 11.3 Å². The van der Waals surface area contributed by atoms with Crippen molar-refractivity contribution in [2.45, 2.75) is 23.6 Å². The van der Waals surface area contributed by atoms with Crippen molar-refractivity contribution in [2.75, 3.05) is 26.9 Å². The predicted molar refractivity (Wildman–Crippen MR) is 80.1 cm³/mol. The van der Waals surface area contributed by atoms with E-state index in [1.165, 1.54) is 10.5 Å². The summed E-state index contributed by atoms with van der Waals surface area (Å²) >= 11 is 5.18. The number of methoxy groups -OCH3 is 1. The Hall–Kier alpha value is -0.0700. The molecule has 5 heteroatoms. The molecule has 0 heterocycles. The van der Waals surface area contributed by atoms with Crippen molar-refractivity contribution in [2.24, 2.45) is 0 Å². The average molecular weight is 334 g/mol. The predicted octanol–water partition coefficient (Wildman–Crippen LogP) is 2.66. The highest BCUT2D eigenvalue weighted by Crippen LogP contribution is 2.29. The first kappa shape index (κ1) is 16.0. The summed E-state index contributed by atoms with van der Waals surface area (Å²) in [5, 5.41) is 12.7. The zero-order valence-corrected chi connectivity index (χ0v) is 13.2. The van der Waals surface area contributed by atoms with E-state index < -0.39 is 0 Å². The van der Waals surface area contributed by atoms with E-state index >= 15 is 0 Å². The first-order valence-electron chi connectivity index (χ1n) is 5.93. The molecule has 0 bridgehead atoms. The van der Waals surface area contributed by atoms with Crippen LogP contribution in [0.3, 0.4) is 0 Å². The fraction of sp³-hybridized carbons (Fsp3) is 0.538. The van der Waals surface area contributed by atoms with E-state index in [9.17, 15) is 0 Å². The lowest BCUT2D eigenvalue weighted by molar-refractivity contribution is 0.199. The van der Waals surface area contributed by atoms with Crippen molar-refractivity contribution in [3.8, 4) is 0 Å². The Labute approximate surface area is 121 Å². The standard InChI is InChI=1S/C13H20BrNO2S/c1-10(9-16)18-13-7-12(14)4-3-11(13)8-15-5-6-17-2/h3-4,7,10,15-16H,5-6,8-9H2,1-2H3. The molecule has 0 amide bonds. The van der Waals surface area contributed by atoms with Gasteiger partial charge < -0.3 is 15.2 Å². The van der Waals surface area contributed by atoms with Crippen molar-refractivity contribution in [1.82, 2.24) is 5.32 Å². The number of rotatable bonds is 8. The number of ether oxygens (including phenoxy) is 1. The summed E-state index contributed by atoms with van der Waals surface area (Å²) in [5.74, 6) is 0. The quantitative estimate of drug-likeness (QED) is 0.567. The molecule has 0 fully saturated rings. The van der Waals surface area contributed by atoms with Gasteiger partial charge in [0.25, 0.3) is 0 Å². The molecule has 0 saturated carbocycles. The number of halogens is 1. The zero-order valence-electron chi connectivity index (χ0n) is 10.8. The van der Waals surface area contributed by atoms with Crippen LogP contribution in [0.4, 0.5) is 0 Å². The van der Waals surface area contributed by atoms with Crippen LogP contribution in [0.2, 0.25) is 0 Å². The number of aliphatic hydroxyl groups is 1. The maximum atomic E-state index is 9.14. The molecule has 1 atom stereocenters. The molecule has 102 valence electrons. The highest BCUT2D eigenvalue weighted by atomic mass is 79.9. The second kappa shape index (κ2) is 8.93. The third-order valence-corrected chi connectivity index (χ3v) is 4.09. The lowest BCUT2D eigenvalue weighted by Gasteiger charge is -2.13. The van der Waals surface area contributed by atoms with E-state index in [0.29, 0.717) is 6.61 Å². The average Bonchev–Trinajstić information content (AvgIpc) is 2.36. The molecule has 0 aromatic heterocycles. The van der Waals surface area contributed by atoms with Crippen LogP contribution in [0.25, 0.3) is 0 Å². The Morgan fingerprint density at radius 1 is 1.50 bits per heavy atom. The van der Waals surface area contributed by atoms with Crippen molar-refractivity contribution < 1.29 is 9.84 Å². The van der Waals surface area contributed by atoms with E-state index in [4.69, 9.17) is 9.84 Å². The SMILES string of the molecule is COCCNCc1ccc(Br)cc1SC(C)CO. The van der Waals surface area contributed by atoms with Gasteiger partial charge in [-0.2, -0.15) is 0 Å². The molecule has 0 aliphatic heterocycles. The molecular formula is C13H20BrNO2S. The van der Waals surface area contributed by atoms with Crippen LogP contribution in [0.15, 0.2) is 27.6 Å². The van der Waals surface area contributed by atoms with Crippen LogP contribution in [0.5, 0.6) is 0 Å². The number of benzene rings is 1. The maximum Gasteiger partial charge on any atom is 0.0587 e. The monoisotopic (exact) mass is 333 g/mol. The van der Waals surface area contributed by atoms with Crippen molar-refractivity contribution >= 4 is 27.7 Å². The van der Waals surface area contributed by atoms with Gasteiger partial charge in [-0.25, -0.2) is 0 Å². The minimum atomic E-state index is 0.188. The third kappa shape index (κ3) is 5.71. The Kier molecular flexibility index (Phi) is 7.93. The number of thioether (sulfide) groups is 1. The fourth-order valence-electron chi connectivity index (χ4n) is 1.44. The van der Waals surface area contributed by atoms with Crippen LogP contribution in [0, 0.1) is 0 Å². The fourth-order valence-corrected chi connectivity index (χ4v) is 2.94. The van der Waals surface area contributed by atoms with Crippen LogP contribution >= 0.6 is 27.7 Å². The Morgan fingerprint density at radius 3 is 2.94 bits per heavy atom. The molecule has 2 N–H and O–H groups in total. The lowest BCUT2D eigenvalue weighted by atomic mass is 10.2. The van der Waals surface area contributed by atoms with E-state index in [0.717, 1.165) is 17.6 Å². The van der Waals surface area contributed by atoms with E-state index in [-0.39, 0.29) is 11.9 Å². The molecule has 1 aromatic rings. The number of nitrogens with one attached hydrogen (secondary N) is 1. The van der Waals surface area contributed by atoms with Gasteiger partial charge in [-0.3, -0.25) is 0 Å². The van der Waals surface area contributed by atoms with Gasteiger partial charge in [-0.1, -0.05) is 28.9 Å². The van der Waals surface area contributed by atoms with Crippen molar-refractivity contribution in [1.29, 1.82) is 0 Å². The van der Waals surface area contributed by atoms with Gasteiger partial charge in [-0.05, 0) is 17.7 Å². The van der Waals surface area contributed by atoms with E-state index in [1.54, 1.807) is 18.9 Å². The minimum Gasteiger partial charge on any atom is -0.395 e. The second-order valence-corrected chi connectivity index (χ2v) is 6.43. The minimum absolute atomic E-state index is 0.188. The van der Waals surface area contributed by atoms with Gasteiger partial charge in [0.15, 0.2) is 0 Å². The van der Waals surface area contributed by atoms with Gasteiger partial charge in [0.2, 0.25) is 0 Å². The first-order chi connectivity index (χ1) is 8.67. The Balaban J connectivity index is 2.64. The molecule has 18 heavy (non-hydrogen) atoms. The molecule has 0 aliphatic rings. The molecule has 1 rings (SSSR count). The molecule has 0 saturated heterocycles. The zero-order chi connectivity index (χ0) is 13.4. The summed E-state index contributed by atoms with van der Waals surface area (Å²) in [6.07, 6.45) is 0. The topological polar surface area (TPSA) is 41.5 Å². The molecule has 1 unspecified atom stereocenters. The molecule has 0 aliphatic carbocycles. The molecule has 1 aromatic carbocycles. The third-order valence-electron chi connectivity index (χ3n) is 2.41. The first-order valence-corrected chi connectivity index (χ1v) is 7.60. The summed E-state index contributed by atoms with van der Waals surface area (Å²) in [5.41, 5.74) is 1.25. The van der Waals surface area contributed by atoms with Crippen molar-refractivity contribution in [3.63, 3.8) is 0 Å². The van der Waals surface area contributed by atoms with Crippen LogP contribution < -0.4 is 5.32 Å². The van der Waals surface area contributed by atoms with Gasteiger partial charge in [-0.15, -0.1) is 11.8 Å².